The van der Waals surface area contributed by atoms with Gasteiger partial charge in [0.2, 0.25) is 5.75 Å². The van der Waals surface area contributed by atoms with Gasteiger partial charge in [-0.05, 0) is 47.9 Å². The number of ether oxygens (including phenoxy) is 2. The lowest BCUT2D eigenvalue weighted by molar-refractivity contribution is -0.276. The minimum atomic E-state index is -5.50. The van der Waals surface area contributed by atoms with Crippen LogP contribution < -0.4 is 9.47 Å². The molecule has 1 heterocycles. The molecule has 0 saturated heterocycles. The molecule has 0 spiro atoms. The Bertz CT molecular complexity index is 1480. The first-order valence-corrected chi connectivity index (χ1v) is 11.7. The maximum absolute atomic E-state index is 14.8. The zero-order chi connectivity index (χ0) is 28.7. The second kappa shape index (κ2) is 10.4. The van der Waals surface area contributed by atoms with Crippen molar-refractivity contribution in [3.63, 3.8) is 0 Å². The second-order valence-electron chi connectivity index (χ2n) is 8.01. The number of rotatable bonds is 7. The summed E-state index contributed by atoms with van der Waals surface area (Å²) in [6.07, 6.45) is -9.62. The molecule has 0 atom stereocenters. The molecule has 0 aliphatic carbocycles. The topological polar surface area (TPSA) is 18.5 Å². The summed E-state index contributed by atoms with van der Waals surface area (Å²) in [5.74, 6) is -12.1. The standard InChI is InChI=1S/C26H14F10O2S/c1-2-15-4-6-22(39-15)12-3-5-16(17(27)7-12)13-8-18(28)23(19(29)9-13)25(32,33)37-14-10-20(30)24(21(31)11-14)38-26(34,35)36/h3-11H,2H2,1H3. The molecular formula is C26H14F10O2S. The Balaban J connectivity index is 1.63. The Kier molecular flexibility index (Phi) is 7.57. The lowest BCUT2D eigenvalue weighted by Gasteiger charge is -2.20. The van der Waals surface area contributed by atoms with E-state index in [0.717, 1.165) is 22.2 Å². The zero-order valence-electron chi connectivity index (χ0n) is 19.4. The maximum atomic E-state index is 14.8. The molecule has 1 aromatic heterocycles. The summed E-state index contributed by atoms with van der Waals surface area (Å²) >= 11 is 1.42. The molecule has 3 aromatic carbocycles. The van der Waals surface area contributed by atoms with Crippen LogP contribution in [0.1, 0.15) is 17.4 Å². The summed E-state index contributed by atoms with van der Waals surface area (Å²) in [6.45, 7) is 1.94. The summed E-state index contributed by atoms with van der Waals surface area (Å²) in [6, 6.07) is 8.12. The molecule has 13 heteroatoms. The van der Waals surface area contributed by atoms with E-state index in [1.165, 1.54) is 23.5 Å². The quantitative estimate of drug-likeness (QED) is 0.203. The number of halogens is 10. The first-order chi connectivity index (χ1) is 18.2. The van der Waals surface area contributed by atoms with Crippen molar-refractivity contribution in [3.05, 3.63) is 94.1 Å². The normalized spacial score (nSPS) is 12.1. The largest absolute Gasteiger partial charge is 0.573 e. The summed E-state index contributed by atoms with van der Waals surface area (Å²) in [4.78, 5) is 1.79. The van der Waals surface area contributed by atoms with Gasteiger partial charge in [0.1, 0.15) is 28.8 Å². The van der Waals surface area contributed by atoms with E-state index in [-0.39, 0.29) is 17.7 Å². The van der Waals surface area contributed by atoms with Crippen LogP contribution in [0.25, 0.3) is 21.6 Å². The second-order valence-corrected chi connectivity index (χ2v) is 9.18. The van der Waals surface area contributed by atoms with Crippen LogP contribution in [0.3, 0.4) is 0 Å². The highest BCUT2D eigenvalue weighted by Gasteiger charge is 2.42. The summed E-state index contributed by atoms with van der Waals surface area (Å²) in [5, 5.41) is 0. The fourth-order valence-corrected chi connectivity index (χ4v) is 4.58. The van der Waals surface area contributed by atoms with Gasteiger partial charge >= 0.3 is 12.5 Å². The van der Waals surface area contributed by atoms with Crippen molar-refractivity contribution in [2.75, 3.05) is 0 Å². The molecule has 2 nitrogen and oxygen atoms in total. The zero-order valence-corrected chi connectivity index (χ0v) is 20.2. The van der Waals surface area contributed by atoms with E-state index in [4.69, 9.17) is 0 Å². The SMILES string of the molecule is CCc1ccc(-c2ccc(-c3cc(F)c(C(F)(F)Oc4cc(F)c(OC(F)(F)F)c(F)c4)c(F)c3)c(F)c2)s1. The van der Waals surface area contributed by atoms with Crippen molar-refractivity contribution in [1.29, 1.82) is 0 Å². The van der Waals surface area contributed by atoms with Gasteiger partial charge in [-0.1, -0.05) is 19.1 Å². The average Bonchev–Trinajstić information content (AvgIpc) is 3.29. The van der Waals surface area contributed by atoms with Gasteiger partial charge in [0.25, 0.3) is 0 Å². The van der Waals surface area contributed by atoms with Crippen LogP contribution in [-0.2, 0) is 12.5 Å². The predicted octanol–water partition coefficient (Wildman–Crippen LogP) is 9.37. The Morgan fingerprint density at radius 2 is 1.26 bits per heavy atom. The molecule has 0 radical (unpaired) electrons. The van der Waals surface area contributed by atoms with Crippen molar-refractivity contribution in [2.24, 2.45) is 0 Å². The third kappa shape index (κ3) is 6.13. The van der Waals surface area contributed by atoms with Crippen molar-refractivity contribution >= 4 is 11.3 Å². The third-order valence-electron chi connectivity index (χ3n) is 5.34. The summed E-state index contributed by atoms with van der Waals surface area (Å²) < 4.78 is 145. The highest BCUT2D eigenvalue weighted by molar-refractivity contribution is 7.15. The molecule has 0 bridgehead atoms. The molecule has 39 heavy (non-hydrogen) atoms. The van der Waals surface area contributed by atoms with Crippen LogP contribution in [0.5, 0.6) is 11.5 Å². The Morgan fingerprint density at radius 1 is 0.667 bits per heavy atom. The van der Waals surface area contributed by atoms with Crippen LogP contribution in [0.2, 0.25) is 0 Å². The monoisotopic (exact) mass is 580 g/mol. The lowest BCUT2D eigenvalue weighted by Crippen LogP contribution is -2.25. The van der Waals surface area contributed by atoms with Gasteiger partial charge in [0.05, 0.1) is 0 Å². The Hall–Kier alpha value is -3.74. The molecular weight excluding hydrogens is 566 g/mol. The maximum Gasteiger partial charge on any atom is 0.573 e. The van der Waals surface area contributed by atoms with Gasteiger partial charge < -0.3 is 9.47 Å². The van der Waals surface area contributed by atoms with E-state index < -0.39 is 64.2 Å². The summed E-state index contributed by atoms with van der Waals surface area (Å²) in [7, 11) is 0. The molecule has 0 aliphatic rings. The molecule has 0 unspecified atom stereocenters. The number of alkyl halides is 5. The van der Waals surface area contributed by atoms with E-state index in [9.17, 15) is 43.9 Å². The van der Waals surface area contributed by atoms with Crippen LogP contribution in [0.15, 0.2) is 54.6 Å². The van der Waals surface area contributed by atoms with Gasteiger partial charge in [-0.25, -0.2) is 22.0 Å². The van der Waals surface area contributed by atoms with Gasteiger partial charge in [0.15, 0.2) is 11.6 Å². The molecule has 0 aliphatic heterocycles. The van der Waals surface area contributed by atoms with Crippen molar-refractivity contribution < 1.29 is 53.4 Å². The number of hydrogen-bond donors (Lipinski definition) is 0. The van der Waals surface area contributed by atoms with Gasteiger partial charge in [-0.2, -0.15) is 8.78 Å². The van der Waals surface area contributed by atoms with Crippen LogP contribution in [0.4, 0.5) is 43.9 Å². The van der Waals surface area contributed by atoms with Crippen molar-refractivity contribution in [3.8, 4) is 33.1 Å². The van der Waals surface area contributed by atoms with E-state index in [0.29, 0.717) is 17.7 Å². The van der Waals surface area contributed by atoms with Crippen LogP contribution in [-0.4, -0.2) is 6.36 Å². The number of aryl methyl sites for hydroxylation is 1. The van der Waals surface area contributed by atoms with Gasteiger partial charge in [0, 0.05) is 27.5 Å². The fraction of sp³-hybridized carbons (Fsp3) is 0.154. The first-order valence-electron chi connectivity index (χ1n) is 10.9. The molecule has 0 fully saturated rings. The average molecular weight is 580 g/mol. The molecule has 0 N–H and O–H groups in total. The lowest BCUT2D eigenvalue weighted by atomic mass is 10.00. The predicted molar refractivity (Wildman–Crippen MR) is 122 cm³/mol. The number of hydrogen-bond acceptors (Lipinski definition) is 3. The van der Waals surface area contributed by atoms with E-state index in [1.54, 1.807) is 6.07 Å². The smallest absolute Gasteiger partial charge is 0.429 e. The van der Waals surface area contributed by atoms with Gasteiger partial charge in [-0.3, -0.25) is 0 Å². The number of benzene rings is 3. The minimum absolute atomic E-state index is 0.0871. The van der Waals surface area contributed by atoms with E-state index in [2.05, 4.69) is 9.47 Å². The van der Waals surface area contributed by atoms with Gasteiger partial charge in [-0.15, -0.1) is 24.5 Å². The highest BCUT2D eigenvalue weighted by Crippen LogP contribution is 2.40. The summed E-state index contributed by atoms with van der Waals surface area (Å²) in [5.41, 5.74) is -2.22. The third-order valence-corrected chi connectivity index (χ3v) is 6.62. The Labute approximate surface area is 218 Å². The fourth-order valence-electron chi connectivity index (χ4n) is 3.64. The van der Waals surface area contributed by atoms with Crippen molar-refractivity contribution in [1.82, 2.24) is 0 Å². The van der Waals surface area contributed by atoms with Crippen LogP contribution >= 0.6 is 11.3 Å². The molecule has 0 amide bonds. The van der Waals surface area contributed by atoms with Crippen LogP contribution in [0, 0.1) is 29.1 Å². The number of thiophene rings is 1. The minimum Gasteiger partial charge on any atom is -0.429 e. The first kappa shape index (κ1) is 28.3. The molecule has 4 aromatic rings. The van der Waals surface area contributed by atoms with E-state index in [1.807, 2.05) is 13.0 Å². The Morgan fingerprint density at radius 3 is 1.77 bits per heavy atom. The highest BCUT2D eigenvalue weighted by atomic mass is 32.1. The molecule has 206 valence electrons. The van der Waals surface area contributed by atoms with Crippen molar-refractivity contribution in [2.45, 2.75) is 25.8 Å². The molecule has 0 saturated carbocycles. The van der Waals surface area contributed by atoms with E-state index >= 15 is 0 Å². The molecule has 4 rings (SSSR count).